The minimum atomic E-state index is -0.151. The van der Waals surface area contributed by atoms with Crippen LogP contribution in [0.5, 0.6) is 0 Å². The summed E-state index contributed by atoms with van der Waals surface area (Å²) in [4.78, 5) is 10.9. The summed E-state index contributed by atoms with van der Waals surface area (Å²) in [5.41, 5.74) is 0. The second-order valence-electron chi connectivity index (χ2n) is 2.56. The van der Waals surface area contributed by atoms with E-state index < -0.39 is 0 Å². The molecule has 0 spiro atoms. The van der Waals surface area contributed by atoms with Gasteiger partial charge in [0.2, 0.25) is 5.91 Å². The highest BCUT2D eigenvalue weighted by Crippen LogP contribution is 1.80. The molecule has 2 N–H and O–H groups in total. The van der Waals surface area contributed by atoms with Crippen LogP contribution in [0, 0.1) is 0 Å². The van der Waals surface area contributed by atoms with Crippen LogP contribution in [0.25, 0.3) is 0 Å². The van der Waals surface area contributed by atoms with Gasteiger partial charge in [0.05, 0.1) is 6.61 Å². The number of rotatable bonds is 8. The zero-order valence-corrected chi connectivity index (χ0v) is 7.97. The predicted octanol–water partition coefficient (Wildman–Crippen LogP) is -0.841. The minimum Gasteiger partial charge on any atom is -0.372 e. The van der Waals surface area contributed by atoms with E-state index in [0.717, 1.165) is 6.54 Å². The molecule has 0 saturated carbocycles. The van der Waals surface area contributed by atoms with Crippen LogP contribution in [-0.2, 0) is 14.6 Å². The summed E-state index contributed by atoms with van der Waals surface area (Å²) in [6.07, 6.45) is 0.462. The SMILES string of the molecule is CNCCNC(=O)COCCC[O]. The molecule has 0 heterocycles. The molecule has 77 valence electrons. The number of carbonyl (C=O) groups is 1. The molecule has 1 amide bonds. The van der Waals surface area contributed by atoms with Crippen molar-refractivity contribution in [3.8, 4) is 0 Å². The molecule has 5 nitrogen and oxygen atoms in total. The molecule has 0 aromatic carbocycles. The van der Waals surface area contributed by atoms with Crippen molar-refractivity contribution in [2.75, 3.05) is 40.0 Å². The summed E-state index contributed by atoms with van der Waals surface area (Å²) in [6.45, 7) is 1.60. The van der Waals surface area contributed by atoms with Crippen LogP contribution in [-0.4, -0.2) is 45.9 Å². The van der Waals surface area contributed by atoms with Gasteiger partial charge in [-0.05, 0) is 13.5 Å². The maximum absolute atomic E-state index is 10.9. The van der Waals surface area contributed by atoms with Gasteiger partial charge in [-0.2, -0.15) is 0 Å². The lowest BCUT2D eigenvalue weighted by atomic mass is 10.5. The monoisotopic (exact) mass is 189 g/mol. The van der Waals surface area contributed by atoms with Crippen molar-refractivity contribution in [1.29, 1.82) is 0 Å². The predicted molar refractivity (Wildman–Crippen MR) is 47.9 cm³/mol. The van der Waals surface area contributed by atoms with Crippen molar-refractivity contribution in [3.63, 3.8) is 0 Å². The molecule has 13 heavy (non-hydrogen) atoms. The first-order valence-corrected chi connectivity index (χ1v) is 4.38. The highest BCUT2D eigenvalue weighted by molar-refractivity contribution is 5.77. The van der Waals surface area contributed by atoms with Crippen LogP contribution >= 0.6 is 0 Å². The van der Waals surface area contributed by atoms with Crippen LogP contribution in [0.2, 0.25) is 0 Å². The lowest BCUT2D eigenvalue weighted by Gasteiger charge is -2.04. The van der Waals surface area contributed by atoms with Crippen molar-refractivity contribution in [1.82, 2.24) is 10.6 Å². The molecule has 0 aliphatic carbocycles. The van der Waals surface area contributed by atoms with E-state index in [2.05, 4.69) is 10.6 Å². The van der Waals surface area contributed by atoms with Gasteiger partial charge in [-0.3, -0.25) is 4.79 Å². The van der Waals surface area contributed by atoms with Gasteiger partial charge in [0.15, 0.2) is 0 Å². The quantitative estimate of drug-likeness (QED) is 0.489. The fourth-order valence-electron chi connectivity index (χ4n) is 0.704. The molecule has 0 atom stereocenters. The lowest BCUT2D eigenvalue weighted by molar-refractivity contribution is -0.125. The molecule has 0 saturated heterocycles. The van der Waals surface area contributed by atoms with E-state index in [1.165, 1.54) is 0 Å². The van der Waals surface area contributed by atoms with Gasteiger partial charge in [-0.25, -0.2) is 5.11 Å². The summed E-state index contributed by atoms with van der Waals surface area (Å²) in [5, 5.41) is 15.6. The third kappa shape index (κ3) is 9.26. The van der Waals surface area contributed by atoms with Crippen LogP contribution in [0.1, 0.15) is 6.42 Å². The smallest absolute Gasteiger partial charge is 0.246 e. The first-order chi connectivity index (χ1) is 6.31. The Morgan fingerprint density at radius 2 is 2.15 bits per heavy atom. The Morgan fingerprint density at radius 1 is 1.38 bits per heavy atom. The summed E-state index contributed by atoms with van der Waals surface area (Å²) < 4.78 is 4.93. The van der Waals surface area contributed by atoms with Gasteiger partial charge in [0, 0.05) is 19.7 Å². The third-order valence-corrected chi connectivity index (χ3v) is 1.36. The van der Waals surface area contributed by atoms with E-state index in [-0.39, 0.29) is 19.1 Å². The second kappa shape index (κ2) is 9.44. The summed E-state index contributed by atoms with van der Waals surface area (Å²) in [6, 6.07) is 0. The molecule has 0 rings (SSSR count). The molecule has 0 unspecified atom stereocenters. The van der Waals surface area contributed by atoms with Gasteiger partial charge in [0.1, 0.15) is 6.61 Å². The molecular weight excluding hydrogens is 172 g/mol. The number of likely N-dealkylation sites (N-methyl/N-ethyl adjacent to an activating group) is 1. The number of ether oxygens (including phenoxy) is 1. The molecule has 1 radical (unpaired) electrons. The van der Waals surface area contributed by atoms with E-state index in [0.29, 0.717) is 19.6 Å². The Balaban J connectivity index is 3.11. The zero-order valence-electron chi connectivity index (χ0n) is 7.97. The highest BCUT2D eigenvalue weighted by Gasteiger charge is 1.98. The number of hydrogen-bond acceptors (Lipinski definition) is 3. The van der Waals surface area contributed by atoms with Gasteiger partial charge >= 0.3 is 0 Å². The molecule has 0 fully saturated rings. The molecule has 0 aromatic rings. The van der Waals surface area contributed by atoms with E-state index in [9.17, 15) is 9.90 Å². The number of amides is 1. The molecule has 5 heteroatoms. The Kier molecular flexibility index (Phi) is 8.97. The minimum absolute atomic E-state index is 0.0454. The average Bonchev–Trinajstić information content (AvgIpc) is 2.13. The van der Waals surface area contributed by atoms with E-state index in [1.54, 1.807) is 0 Å². The number of carbonyl (C=O) groups excluding carboxylic acids is 1. The molecular formula is C8H17N2O3. The van der Waals surface area contributed by atoms with Crippen molar-refractivity contribution in [2.24, 2.45) is 0 Å². The van der Waals surface area contributed by atoms with Crippen LogP contribution in [0.4, 0.5) is 0 Å². The summed E-state index contributed by atoms with van der Waals surface area (Å²) in [5.74, 6) is -0.138. The van der Waals surface area contributed by atoms with Crippen LogP contribution < -0.4 is 10.6 Å². The second-order valence-corrected chi connectivity index (χ2v) is 2.56. The maximum Gasteiger partial charge on any atom is 0.246 e. The molecule has 0 aromatic heterocycles. The van der Waals surface area contributed by atoms with Crippen molar-refractivity contribution in [2.45, 2.75) is 6.42 Å². The zero-order chi connectivity index (χ0) is 9.94. The Hall–Kier alpha value is -0.650. The highest BCUT2D eigenvalue weighted by atomic mass is 16.5. The summed E-state index contributed by atoms with van der Waals surface area (Å²) >= 11 is 0. The topological polar surface area (TPSA) is 70.3 Å². The molecule has 0 aliphatic rings. The summed E-state index contributed by atoms with van der Waals surface area (Å²) in [7, 11) is 1.82. The number of hydrogen-bond donors (Lipinski definition) is 2. The fourth-order valence-corrected chi connectivity index (χ4v) is 0.704. The normalized spacial score (nSPS) is 10.0. The third-order valence-electron chi connectivity index (χ3n) is 1.36. The van der Waals surface area contributed by atoms with E-state index in [1.807, 2.05) is 7.05 Å². The number of nitrogens with one attached hydrogen (secondary N) is 2. The van der Waals surface area contributed by atoms with Crippen molar-refractivity contribution in [3.05, 3.63) is 0 Å². The van der Waals surface area contributed by atoms with Crippen LogP contribution in [0.15, 0.2) is 0 Å². The molecule has 0 bridgehead atoms. The largest absolute Gasteiger partial charge is 0.372 e. The first-order valence-electron chi connectivity index (χ1n) is 4.38. The van der Waals surface area contributed by atoms with Crippen molar-refractivity contribution >= 4 is 5.91 Å². The lowest BCUT2D eigenvalue weighted by Crippen LogP contribution is -2.33. The van der Waals surface area contributed by atoms with E-state index in [4.69, 9.17) is 4.74 Å². The fraction of sp³-hybridized carbons (Fsp3) is 0.875. The van der Waals surface area contributed by atoms with Crippen molar-refractivity contribution < 1.29 is 14.6 Å². The Labute approximate surface area is 78.5 Å². The van der Waals surface area contributed by atoms with Crippen LogP contribution in [0.3, 0.4) is 0 Å². The Morgan fingerprint density at radius 3 is 2.77 bits per heavy atom. The standard InChI is InChI=1S/C8H17N2O3/c1-9-3-4-10-8(12)7-13-6-2-5-11/h9H,2-7H2,1H3,(H,10,12). The van der Waals surface area contributed by atoms with E-state index >= 15 is 0 Å². The van der Waals surface area contributed by atoms with Gasteiger partial charge in [-0.15, -0.1) is 0 Å². The van der Waals surface area contributed by atoms with Gasteiger partial charge in [-0.1, -0.05) is 0 Å². The van der Waals surface area contributed by atoms with Gasteiger partial charge < -0.3 is 15.4 Å². The Bertz CT molecular complexity index is 131. The van der Waals surface area contributed by atoms with Gasteiger partial charge in [0.25, 0.3) is 0 Å². The first kappa shape index (κ1) is 12.3. The molecule has 0 aliphatic heterocycles. The average molecular weight is 189 g/mol. The maximum atomic E-state index is 10.9.